The molecule has 0 radical (unpaired) electrons. The summed E-state index contributed by atoms with van der Waals surface area (Å²) in [6, 6.07) is 11.8. The van der Waals surface area contributed by atoms with Crippen molar-refractivity contribution in [1.29, 1.82) is 0 Å². The summed E-state index contributed by atoms with van der Waals surface area (Å²) in [5.74, 6) is 1.14. The van der Waals surface area contributed by atoms with Crippen molar-refractivity contribution in [1.82, 2.24) is 10.2 Å². The van der Waals surface area contributed by atoms with E-state index in [0.29, 0.717) is 37.4 Å². The third kappa shape index (κ3) is 7.01. The minimum atomic E-state index is -0.376. The lowest BCUT2D eigenvalue weighted by molar-refractivity contribution is -0.118. The molecule has 12 heteroatoms. The van der Waals surface area contributed by atoms with E-state index in [4.69, 9.17) is 25.8 Å². The first kappa shape index (κ1) is 23.6. The Morgan fingerprint density at radius 3 is 2.47 bits per heavy atom. The van der Waals surface area contributed by atoms with E-state index in [-0.39, 0.29) is 24.2 Å². The lowest BCUT2D eigenvalue weighted by Gasteiger charge is -2.10. The van der Waals surface area contributed by atoms with Crippen LogP contribution in [0.3, 0.4) is 0 Å². The lowest BCUT2D eigenvalue weighted by atomic mass is 10.2. The highest BCUT2D eigenvalue weighted by Gasteiger charge is 2.12. The number of halogens is 1. The van der Waals surface area contributed by atoms with E-state index < -0.39 is 0 Å². The molecule has 0 unspecified atom stereocenters. The van der Waals surface area contributed by atoms with Crippen LogP contribution in [-0.2, 0) is 9.59 Å². The molecule has 1 aromatic heterocycles. The molecule has 2 amide bonds. The predicted octanol–water partition coefficient (Wildman–Crippen LogP) is 3.96. The first-order valence-electron chi connectivity index (χ1n) is 9.13. The van der Waals surface area contributed by atoms with Gasteiger partial charge in [0.15, 0.2) is 22.4 Å². The quantitative estimate of drug-likeness (QED) is 0.322. The molecular weight excluding hydrogens is 476 g/mol. The second-order valence-electron chi connectivity index (χ2n) is 6.07. The number of nitrogens with one attached hydrogen (secondary N) is 2. The molecule has 2 N–H and O–H groups in total. The molecule has 0 aliphatic heterocycles. The van der Waals surface area contributed by atoms with E-state index in [1.54, 1.807) is 42.5 Å². The zero-order valence-corrected chi connectivity index (χ0v) is 19.5. The van der Waals surface area contributed by atoms with Gasteiger partial charge in [-0.25, -0.2) is 0 Å². The Bertz CT molecular complexity index is 1080. The molecule has 3 rings (SSSR count). The van der Waals surface area contributed by atoms with Crippen LogP contribution in [0.25, 0.3) is 0 Å². The third-order valence-corrected chi connectivity index (χ3v) is 6.05. The van der Waals surface area contributed by atoms with Gasteiger partial charge in [0, 0.05) is 16.8 Å². The average Bonchev–Trinajstić information content (AvgIpc) is 3.24. The van der Waals surface area contributed by atoms with Gasteiger partial charge in [-0.05, 0) is 36.4 Å². The molecule has 32 heavy (non-hydrogen) atoms. The molecule has 9 nitrogen and oxygen atoms in total. The fourth-order valence-corrected chi connectivity index (χ4v) is 4.09. The third-order valence-electron chi connectivity index (χ3n) is 3.83. The number of rotatable bonds is 10. The van der Waals surface area contributed by atoms with Gasteiger partial charge in [-0.3, -0.25) is 14.9 Å². The minimum Gasteiger partial charge on any atom is -0.493 e. The van der Waals surface area contributed by atoms with Crippen LogP contribution in [-0.4, -0.2) is 48.6 Å². The van der Waals surface area contributed by atoms with Crippen molar-refractivity contribution < 1.29 is 23.8 Å². The highest BCUT2D eigenvalue weighted by atomic mass is 35.5. The smallest absolute Gasteiger partial charge is 0.264 e. The molecule has 0 aliphatic rings. The summed E-state index contributed by atoms with van der Waals surface area (Å²) >= 11 is 8.18. The Balaban J connectivity index is 1.44. The van der Waals surface area contributed by atoms with Gasteiger partial charge < -0.3 is 19.5 Å². The van der Waals surface area contributed by atoms with Gasteiger partial charge in [-0.2, -0.15) is 0 Å². The molecule has 0 aliphatic carbocycles. The zero-order chi connectivity index (χ0) is 22.9. The number of aromatic nitrogens is 2. The molecule has 0 saturated heterocycles. The van der Waals surface area contributed by atoms with E-state index in [0.717, 1.165) is 11.3 Å². The molecule has 1 heterocycles. The van der Waals surface area contributed by atoms with Crippen molar-refractivity contribution in [3.8, 4) is 17.2 Å². The molecule has 0 fully saturated rings. The van der Waals surface area contributed by atoms with Crippen molar-refractivity contribution in [3.63, 3.8) is 0 Å². The maximum absolute atomic E-state index is 12.2. The van der Waals surface area contributed by atoms with Crippen LogP contribution in [0.2, 0.25) is 5.02 Å². The van der Waals surface area contributed by atoms with E-state index >= 15 is 0 Å². The fraction of sp³-hybridized carbons (Fsp3) is 0.200. The first-order chi connectivity index (χ1) is 15.5. The number of amides is 2. The molecule has 3 aromatic rings. The Hall–Kier alpha value is -3.02. The number of methoxy groups -OCH3 is 2. The van der Waals surface area contributed by atoms with Gasteiger partial charge in [0.25, 0.3) is 5.91 Å². The van der Waals surface area contributed by atoms with Crippen molar-refractivity contribution >= 4 is 57.3 Å². The standard InChI is InChI=1S/C20H19ClN4O5S2/c1-28-15-8-5-13(9-16(15)29-2)22-18(27)11-31-20-25-24-19(32-20)23-17(26)10-30-14-6-3-12(21)4-7-14/h3-9H,10-11H2,1-2H3,(H,22,27)(H,23,24,26). The van der Waals surface area contributed by atoms with Gasteiger partial charge in [0.2, 0.25) is 11.0 Å². The predicted molar refractivity (Wildman–Crippen MR) is 124 cm³/mol. The largest absolute Gasteiger partial charge is 0.493 e. The summed E-state index contributed by atoms with van der Waals surface area (Å²) in [5, 5.41) is 14.2. The Morgan fingerprint density at radius 2 is 1.75 bits per heavy atom. The molecule has 0 atom stereocenters. The highest BCUT2D eigenvalue weighted by Crippen LogP contribution is 2.30. The number of ether oxygens (including phenoxy) is 3. The molecule has 0 spiro atoms. The van der Waals surface area contributed by atoms with Crippen LogP contribution in [0.5, 0.6) is 17.2 Å². The first-order valence-corrected chi connectivity index (χ1v) is 11.3. The summed E-state index contributed by atoms with van der Waals surface area (Å²) < 4.78 is 16.3. The average molecular weight is 495 g/mol. The zero-order valence-electron chi connectivity index (χ0n) is 17.1. The summed E-state index contributed by atoms with van der Waals surface area (Å²) in [4.78, 5) is 24.2. The lowest BCUT2D eigenvalue weighted by Crippen LogP contribution is -2.20. The van der Waals surface area contributed by atoms with Gasteiger partial charge in [0.05, 0.1) is 20.0 Å². The number of hydrogen-bond acceptors (Lipinski definition) is 9. The Morgan fingerprint density at radius 1 is 1.00 bits per heavy atom. The topological polar surface area (TPSA) is 112 Å². The Kier molecular flexibility index (Phi) is 8.54. The van der Waals surface area contributed by atoms with Crippen LogP contribution in [0, 0.1) is 0 Å². The summed E-state index contributed by atoms with van der Waals surface area (Å²) in [6.45, 7) is -0.183. The maximum atomic E-state index is 12.2. The van der Waals surface area contributed by atoms with Gasteiger partial charge in [0.1, 0.15) is 5.75 Å². The number of carbonyl (C=O) groups is 2. The number of benzene rings is 2. The van der Waals surface area contributed by atoms with E-state index in [1.165, 1.54) is 26.0 Å². The molecular formula is C20H19ClN4O5S2. The summed E-state index contributed by atoms with van der Waals surface area (Å²) in [6.07, 6.45) is 0. The van der Waals surface area contributed by atoms with Gasteiger partial charge >= 0.3 is 0 Å². The number of carbonyl (C=O) groups excluding carboxylic acids is 2. The van der Waals surface area contributed by atoms with Gasteiger partial charge in [-0.1, -0.05) is 34.7 Å². The molecule has 168 valence electrons. The highest BCUT2D eigenvalue weighted by molar-refractivity contribution is 8.01. The van der Waals surface area contributed by atoms with Crippen LogP contribution in [0.1, 0.15) is 0 Å². The van der Waals surface area contributed by atoms with Crippen LogP contribution >= 0.6 is 34.7 Å². The second-order valence-corrected chi connectivity index (χ2v) is 8.71. The van der Waals surface area contributed by atoms with Crippen LogP contribution in [0.4, 0.5) is 10.8 Å². The van der Waals surface area contributed by atoms with Crippen molar-refractivity contribution in [2.75, 3.05) is 37.2 Å². The van der Waals surface area contributed by atoms with Gasteiger partial charge in [-0.15, -0.1) is 10.2 Å². The molecule has 0 bridgehead atoms. The van der Waals surface area contributed by atoms with Crippen LogP contribution in [0.15, 0.2) is 46.8 Å². The van der Waals surface area contributed by atoms with Crippen molar-refractivity contribution in [3.05, 3.63) is 47.5 Å². The number of anilines is 2. The van der Waals surface area contributed by atoms with E-state index in [2.05, 4.69) is 20.8 Å². The van der Waals surface area contributed by atoms with E-state index in [1.807, 2.05) is 0 Å². The van der Waals surface area contributed by atoms with E-state index in [9.17, 15) is 9.59 Å². The van der Waals surface area contributed by atoms with Crippen LogP contribution < -0.4 is 24.8 Å². The number of nitrogens with zero attached hydrogens (tertiary/aromatic N) is 2. The normalized spacial score (nSPS) is 10.3. The SMILES string of the molecule is COc1ccc(NC(=O)CSc2nnc(NC(=O)COc3ccc(Cl)cc3)s2)cc1OC. The molecule has 2 aromatic carbocycles. The van der Waals surface area contributed by atoms with Crippen molar-refractivity contribution in [2.24, 2.45) is 0 Å². The molecule has 0 saturated carbocycles. The summed E-state index contributed by atoms with van der Waals surface area (Å²) in [5.41, 5.74) is 0.583. The number of thioether (sulfide) groups is 1. The summed E-state index contributed by atoms with van der Waals surface area (Å²) in [7, 11) is 3.06. The maximum Gasteiger partial charge on any atom is 0.264 e. The number of hydrogen-bond donors (Lipinski definition) is 2. The fourth-order valence-electron chi connectivity index (χ4n) is 2.39. The second kappa shape index (κ2) is 11.6. The van der Waals surface area contributed by atoms with Crippen molar-refractivity contribution in [2.45, 2.75) is 4.34 Å². The monoisotopic (exact) mass is 494 g/mol. The Labute approximate surface area is 197 Å². The minimum absolute atomic E-state index is 0.122.